The fourth-order valence-electron chi connectivity index (χ4n) is 3.00. The van der Waals surface area contributed by atoms with Crippen LogP contribution in [0.25, 0.3) is 0 Å². The molecule has 1 atom stereocenters. The molecule has 116 valence electrons. The lowest BCUT2D eigenvalue weighted by molar-refractivity contribution is 0.0999. The van der Waals surface area contributed by atoms with Gasteiger partial charge in [0.25, 0.3) is 5.91 Å². The van der Waals surface area contributed by atoms with Crippen molar-refractivity contribution in [1.29, 1.82) is 0 Å². The van der Waals surface area contributed by atoms with Gasteiger partial charge in [0.15, 0.2) is 5.67 Å². The Morgan fingerprint density at radius 2 is 1.87 bits per heavy atom. The number of hydrogen-bond acceptors (Lipinski definition) is 1. The largest absolute Gasteiger partial charge is 0.277 e. The van der Waals surface area contributed by atoms with Crippen LogP contribution in [0.1, 0.15) is 34.3 Å². The topological polar surface area (TPSA) is 29.4 Å². The van der Waals surface area contributed by atoms with Gasteiger partial charge < -0.3 is 0 Å². The van der Waals surface area contributed by atoms with Crippen LogP contribution >= 0.6 is 0 Å². The van der Waals surface area contributed by atoms with Crippen LogP contribution in [0.4, 0.5) is 4.39 Å². The van der Waals surface area contributed by atoms with E-state index < -0.39 is 11.6 Å². The molecular formula is C20H18FNO. The number of aryl methyl sites for hydroxylation is 1. The monoisotopic (exact) mass is 307 g/mol. The Bertz CT molecular complexity index is 766. The molecule has 0 heterocycles. The number of hydrogen-bond donors (Lipinski definition) is 0. The lowest BCUT2D eigenvalue weighted by atomic mass is 9.78. The summed E-state index contributed by atoms with van der Waals surface area (Å²) in [5.41, 5.74) is 0.814. The Balaban J connectivity index is 2.09. The smallest absolute Gasteiger partial charge is 0.267 e. The van der Waals surface area contributed by atoms with Crippen molar-refractivity contribution in [3.05, 3.63) is 83.9 Å². The molecule has 2 aromatic carbocycles. The summed E-state index contributed by atoms with van der Waals surface area (Å²) in [7, 11) is 0. The molecule has 0 spiro atoms. The van der Waals surface area contributed by atoms with Gasteiger partial charge in [0, 0.05) is 17.5 Å². The quantitative estimate of drug-likeness (QED) is 0.765. The average Bonchev–Trinajstić information content (AvgIpc) is 2.58. The molecule has 23 heavy (non-hydrogen) atoms. The first kappa shape index (κ1) is 15.3. The normalized spacial score (nSPS) is 21.7. The molecular weight excluding hydrogens is 289 g/mol. The van der Waals surface area contributed by atoms with Gasteiger partial charge in [0.1, 0.15) is 0 Å². The van der Waals surface area contributed by atoms with E-state index in [0.717, 1.165) is 11.1 Å². The number of allylic oxidation sites excluding steroid dienone is 1. The third-order valence-corrected chi connectivity index (χ3v) is 4.19. The van der Waals surface area contributed by atoms with Crippen LogP contribution in [0.3, 0.4) is 0 Å². The Labute approximate surface area is 135 Å². The Morgan fingerprint density at radius 1 is 1.17 bits per heavy atom. The number of benzene rings is 2. The van der Waals surface area contributed by atoms with Crippen molar-refractivity contribution in [1.82, 2.24) is 0 Å². The minimum absolute atomic E-state index is 0.155. The molecule has 0 fully saturated rings. The van der Waals surface area contributed by atoms with Crippen molar-refractivity contribution in [2.75, 3.05) is 0 Å². The van der Waals surface area contributed by atoms with Crippen LogP contribution < -0.4 is 0 Å². The molecule has 0 aliphatic heterocycles. The van der Waals surface area contributed by atoms with Crippen LogP contribution in [0.15, 0.2) is 72.2 Å². The summed E-state index contributed by atoms with van der Waals surface area (Å²) in [5, 5.41) is 0. The molecule has 0 aromatic heterocycles. The maximum atomic E-state index is 15.4. The van der Waals surface area contributed by atoms with Crippen molar-refractivity contribution >= 4 is 11.6 Å². The molecule has 0 saturated carbocycles. The molecule has 0 radical (unpaired) electrons. The van der Waals surface area contributed by atoms with Gasteiger partial charge in [-0.3, -0.25) is 4.79 Å². The number of alkyl halides is 1. The van der Waals surface area contributed by atoms with Crippen molar-refractivity contribution in [3.8, 4) is 0 Å². The fourth-order valence-corrected chi connectivity index (χ4v) is 3.00. The fraction of sp³-hybridized carbons (Fsp3) is 0.200. The Kier molecular flexibility index (Phi) is 4.20. The molecule has 3 heteroatoms. The van der Waals surface area contributed by atoms with Gasteiger partial charge in [0.05, 0.1) is 5.71 Å². The van der Waals surface area contributed by atoms with Gasteiger partial charge >= 0.3 is 0 Å². The van der Waals surface area contributed by atoms with E-state index in [4.69, 9.17) is 0 Å². The second kappa shape index (κ2) is 6.29. The summed E-state index contributed by atoms with van der Waals surface area (Å²) >= 11 is 0. The van der Waals surface area contributed by atoms with Crippen LogP contribution in [-0.4, -0.2) is 17.3 Å². The highest BCUT2D eigenvalue weighted by Crippen LogP contribution is 2.35. The molecule has 1 unspecified atom stereocenters. The van der Waals surface area contributed by atoms with Gasteiger partial charge in [0.2, 0.25) is 0 Å². The molecule has 1 amide bonds. The third-order valence-electron chi connectivity index (χ3n) is 4.19. The standard InChI is InChI=1S/C20H18FNO/c1-2-13-20(21)14-12-15-8-6-7-11-17(15)18(20)22-19(23)16-9-4-3-5-10-16/h2-11H,1,12-14H2. The molecule has 2 aromatic rings. The van der Waals surface area contributed by atoms with E-state index >= 15 is 4.39 Å². The lowest BCUT2D eigenvalue weighted by Gasteiger charge is -2.32. The van der Waals surface area contributed by atoms with Crippen LogP contribution in [0, 0.1) is 0 Å². The second-order valence-electron chi connectivity index (χ2n) is 5.75. The number of rotatable bonds is 3. The lowest BCUT2D eigenvalue weighted by Crippen LogP contribution is -2.39. The van der Waals surface area contributed by atoms with E-state index in [2.05, 4.69) is 11.6 Å². The van der Waals surface area contributed by atoms with Crippen molar-refractivity contribution in [3.63, 3.8) is 0 Å². The maximum Gasteiger partial charge on any atom is 0.277 e. The summed E-state index contributed by atoms with van der Waals surface area (Å²) in [6.07, 6.45) is 2.66. The molecule has 0 bridgehead atoms. The number of fused-ring (bicyclic) bond motifs is 1. The third kappa shape index (κ3) is 3.00. The van der Waals surface area contributed by atoms with Gasteiger partial charge in [-0.05, 0) is 30.5 Å². The summed E-state index contributed by atoms with van der Waals surface area (Å²) in [5.74, 6) is -0.414. The van der Waals surface area contributed by atoms with E-state index in [1.165, 1.54) is 0 Å². The molecule has 1 aliphatic rings. The molecule has 1 aliphatic carbocycles. The zero-order valence-electron chi connectivity index (χ0n) is 12.8. The van der Waals surface area contributed by atoms with Crippen molar-refractivity contribution in [2.24, 2.45) is 4.99 Å². The summed E-state index contributed by atoms with van der Waals surface area (Å²) in [4.78, 5) is 16.6. The SMILES string of the molecule is C=CCC1(F)CCc2ccccc2C1=NC(=O)c1ccccc1. The summed E-state index contributed by atoms with van der Waals surface area (Å²) in [6.45, 7) is 3.65. The van der Waals surface area contributed by atoms with Gasteiger partial charge in [-0.25, -0.2) is 9.38 Å². The Hall–Kier alpha value is -2.55. The Morgan fingerprint density at radius 3 is 2.61 bits per heavy atom. The van der Waals surface area contributed by atoms with Crippen LogP contribution in [0.2, 0.25) is 0 Å². The first-order valence-corrected chi connectivity index (χ1v) is 7.71. The summed E-state index contributed by atoms with van der Waals surface area (Å²) in [6, 6.07) is 16.3. The predicted molar refractivity (Wildman–Crippen MR) is 90.7 cm³/mol. The predicted octanol–water partition coefficient (Wildman–Crippen LogP) is 4.55. The first-order chi connectivity index (χ1) is 11.1. The summed E-state index contributed by atoms with van der Waals surface area (Å²) < 4.78 is 15.4. The van der Waals surface area contributed by atoms with Gasteiger partial charge in [-0.15, -0.1) is 6.58 Å². The first-order valence-electron chi connectivity index (χ1n) is 7.71. The van der Waals surface area contributed by atoms with Gasteiger partial charge in [-0.2, -0.15) is 0 Å². The minimum Gasteiger partial charge on any atom is -0.267 e. The number of aliphatic imine (C=N–C) groups is 1. The highest BCUT2D eigenvalue weighted by atomic mass is 19.1. The highest BCUT2D eigenvalue weighted by molar-refractivity contribution is 6.15. The van der Waals surface area contributed by atoms with E-state index in [-0.39, 0.29) is 12.1 Å². The second-order valence-corrected chi connectivity index (χ2v) is 5.75. The van der Waals surface area contributed by atoms with Crippen molar-refractivity contribution in [2.45, 2.75) is 24.9 Å². The van der Waals surface area contributed by atoms with E-state index in [9.17, 15) is 4.79 Å². The van der Waals surface area contributed by atoms with E-state index in [1.807, 2.05) is 30.3 Å². The van der Waals surface area contributed by atoms with E-state index in [1.54, 1.807) is 30.3 Å². The zero-order chi connectivity index (χ0) is 16.3. The molecule has 0 saturated heterocycles. The molecule has 3 rings (SSSR count). The number of nitrogens with zero attached hydrogens (tertiary/aromatic N) is 1. The number of carbonyl (C=O) groups is 1. The zero-order valence-corrected chi connectivity index (χ0v) is 12.8. The maximum absolute atomic E-state index is 15.4. The van der Waals surface area contributed by atoms with Crippen LogP contribution in [-0.2, 0) is 6.42 Å². The minimum atomic E-state index is -1.64. The highest BCUT2D eigenvalue weighted by Gasteiger charge is 2.40. The van der Waals surface area contributed by atoms with Crippen LogP contribution in [0.5, 0.6) is 0 Å². The molecule has 2 nitrogen and oxygen atoms in total. The molecule has 0 N–H and O–H groups in total. The van der Waals surface area contributed by atoms with Crippen molar-refractivity contribution < 1.29 is 9.18 Å². The van der Waals surface area contributed by atoms with Gasteiger partial charge in [-0.1, -0.05) is 48.5 Å². The number of halogens is 1. The average molecular weight is 307 g/mol. The number of carbonyl (C=O) groups excluding carboxylic acids is 1. The van der Waals surface area contributed by atoms with E-state index in [0.29, 0.717) is 18.4 Å². The number of amides is 1.